The van der Waals surface area contributed by atoms with Gasteiger partial charge in [-0.05, 0) is 45.0 Å². The van der Waals surface area contributed by atoms with Crippen LogP contribution in [-0.4, -0.2) is 25.0 Å². The van der Waals surface area contributed by atoms with Crippen LogP contribution in [0.1, 0.15) is 122 Å². The van der Waals surface area contributed by atoms with E-state index in [-0.39, 0.29) is 0 Å². The summed E-state index contributed by atoms with van der Waals surface area (Å²) in [5.41, 5.74) is 1.48. The molecule has 0 fully saturated rings. The standard InChI is InChI=1S/C28H51N/c1-3-4-5-6-7-8-9-10-11-12-13-14-15-16-17-21-26-29(2)27-22-25-28-23-19-18-20-24-28/h18-20,23-24H,3-17,21-22,25-27H2,1-2H3. The van der Waals surface area contributed by atoms with Gasteiger partial charge in [-0.25, -0.2) is 0 Å². The summed E-state index contributed by atoms with van der Waals surface area (Å²) in [5.74, 6) is 0. The second-order valence-corrected chi connectivity index (χ2v) is 9.20. The lowest BCUT2D eigenvalue weighted by molar-refractivity contribution is 0.319. The van der Waals surface area contributed by atoms with Crippen molar-refractivity contribution in [3.8, 4) is 0 Å². The van der Waals surface area contributed by atoms with Crippen molar-refractivity contribution >= 4 is 0 Å². The fraction of sp³-hybridized carbons (Fsp3) is 0.786. The summed E-state index contributed by atoms with van der Waals surface area (Å²) in [6.45, 7) is 4.80. The van der Waals surface area contributed by atoms with Crippen molar-refractivity contribution in [1.29, 1.82) is 0 Å². The molecule has 1 rings (SSSR count). The van der Waals surface area contributed by atoms with Gasteiger partial charge in [0.1, 0.15) is 0 Å². The smallest absolute Gasteiger partial charge is 0.00186 e. The molecule has 29 heavy (non-hydrogen) atoms. The second kappa shape index (κ2) is 20.5. The van der Waals surface area contributed by atoms with Gasteiger partial charge in [0.15, 0.2) is 0 Å². The Labute approximate surface area is 183 Å². The third kappa shape index (κ3) is 17.7. The second-order valence-electron chi connectivity index (χ2n) is 9.20. The Kier molecular flexibility index (Phi) is 18.5. The highest BCUT2D eigenvalue weighted by Crippen LogP contribution is 2.14. The van der Waals surface area contributed by atoms with Crippen molar-refractivity contribution in [2.45, 2.75) is 122 Å². The molecule has 0 aliphatic heterocycles. The molecule has 0 spiro atoms. The predicted molar refractivity (Wildman–Crippen MR) is 132 cm³/mol. The molecule has 0 bridgehead atoms. The molecule has 0 aromatic heterocycles. The van der Waals surface area contributed by atoms with Crippen LogP contribution < -0.4 is 0 Å². The van der Waals surface area contributed by atoms with E-state index in [9.17, 15) is 0 Å². The van der Waals surface area contributed by atoms with Crippen LogP contribution in [0.3, 0.4) is 0 Å². The first-order chi connectivity index (χ1) is 14.3. The van der Waals surface area contributed by atoms with Crippen LogP contribution in [-0.2, 0) is 6.42 Å². The lowest BCUT2D eigenvalue weighted by Crippen LogP contribution is -2.21. The summed E-state index contributed by atoms with van der Waals surface area (Å²) >= 11 is 0. The molecule has 1 nitrogen and oxygen atoms in total. The first kappa shape index (κ1) is 26.2. The van der Waals surface area contributed by atoms with Gasteiger partial charge in [0.2, 0.25) is 0 Å². The van der Waals surface area contributed by atoms with Crippen LogP contribution in [0.4, 0.5) is 0 Å². The molecule has 0 radical (unpaired) electrons. The van der Waals surface area contributed by atoms with Crippen LogP contribution in [0.5, 0.6) is 0 Å². The number of rotatable bonds is 21. The van der Waals surface area contributed by atoms with E-state index in [4.69, 9.17) is 0 Å². The van der Waals surface area contributed by atoms with Crippen LogP contribution in [0, 0.1) is 0 Å². The zero-order valence-electron chi connectivity index (χ0n) is 20.0. The maximum atomic E-state index is 2.52. The van der Waals surface area contributed by atoms with Crippen molar-refractivity contribution in [1.82, 2.24) is 4.90 Å². The summed E-state index contributed by atoms with van der Waals surface area (Å²) in [7, 11) is 2.29. The van der Waals surface area contributed by atoms with Gasteiger partial charge in [-0.1, -0.05) is 134 Å². The monoisotopic (exact) mass is 401 g/mol. The van der Waals surface area contributed by atoms with Crippen molar-refractivity contribution in [2.75, 3.05) is 20.1 Å². The first-order valence-electron chi connectivity index (χ1n) is 13.1. The van der Waals surface area contributed by atoms with E-state index in [0.717, 1.165) is 0 Å². The van der Waals surface area contributed by atoms with Crippen LogP contribution >= 0.6 is 0 Å². The van der Waals surface area contributed by atoms with Gasteiger partial charge in [0, 0.05) is 0 Å². The minimum Gasteiger partial charge on any atom is -0.306 e. The molecular weight excluding hydrogens is 350 g/mol. The summed E-state index contributed by atoms with van der Waals surface area (Å²) in [5, 5.41) is 0. The summed E-state index contributed by atoms with van der Waals surface area (Å²) in [4.78, 5) is 2.52. The van der Waals surface area contributed by atoms with Gasteiger partial charge >= 0.3 is 0 Å². The van der Waals surface area contributed by atoms with E-state index >= 15 is 0 Å². The molecule has 0 aliphatic carbocycles. The van der Waals surface area contributed by atoms with E-state index in [1.807, 2.05) is 0 Å². The number of unbranched alkanes of at least 4 members (excludes halogenated alkanes) is 15. The van der Waals surface area contributed by atoms with E-state index in [1.165, 1.54) is 134 Å². The topological polar surface area (TPSA) is 3.24 Å². The summed E-state index contributed by atoms with van der Waals surface area (Å²) in [6.07, 6.45) is 25.7. The molecule has 0 atom stereocenters. The molecular formula is C28H51N. The minimum absolute atomic E-state index is 1.21. The van der Waals surface area contributed by atoms with Crippen molar-refractivity contribution in [3.05, 3.63) is 35.9 Å². The van der Waals surface area contributed by atoms with Gasteiger partial charge in [-0.15, -0.1) is 0 Å². The number of nitrogens with zero attached hydrogens (tertiary/aromatic N) is 1. The highest BCUT2D eigenvalue weighted by Gasteiger charge is 2.00. The van der Waals surface area contributed by atoms with Gasteiger partial charge < -0.3 is 4.90 Å². The van der Waals surface area contributed by atoms with E-state index in [2.05, 4.69) is 49.2 Å². The van der Waals surface area contributed by atoms with Gasteiger partial charge in [0.25, 0.3) is 0 Å². The number of benzene rings is 1. The third-order valence-corrected chi connectivity index (χ3v) is 6.24. The lowest BCUT2D eigenvalue weighted by atomic mass is 10.0. The summed E-state index contributed by atoms with van der Waals surface area (Å²) < 4.78 is 0. The molecule has 0 heterocycles. The lowest BCUT2D eigenvalue weighted by Gasteiger charge is -2.16. The van der Waals surface area contributed by atoms with E-state index in [1.54, 1.807) is 0 Å². The minimum atomic E-state index is 1.21. The fourth-order valence-corrected chi connectivity index (χ4v) is 4.24. The van der Waals surface area contributed by atoms with E-state index < -0.39 is 0 Å². The van der Waals surface area contributed by atoms with Crippen molar-refractivity contribution in [2.24, 2.45) is 0 Å². The molecule has 1 heteroatoms. The Hall–Kier alpha value is -0.820. The number of hydrogen-bond acceptors (Lipinski definition) is 1. The quantitative estimate of drug-likeness (QED) is 0.186. The maximum Gasteiger partial charge on any atom is -0.00186 e. The molecule has 0 saturated heterocycles. The molecule has 0 unspecified atom stereocenters. The summed E-state index contributed by atoms with van der Waals surface area (Å²) in [6, 6.07) is 10.9. The molecule has 1 aromatic carbocycles. The number of aryl methyl sites for hydroxylation is 1. The van der Waals surface area contributed by atoms with Crippen LogP contribution in [0.15, 0.2) is 30.3 Å². The Morgan fingerprint density at radius 3 is 1.41 bits per heavy atom. The SMILES string of the molecule is CCCCCCCCCCCCCCCCCCN(C)CCCc1ccccc1. The highest BCUT2D eigenvalue weighted by atomic mass is 15.1. The van der Waals surface area contributed by atoms with Crippen LogP contribution in [0.2, 0.25) is 0 Å². The third-order valence-electron chi connectivity index (χ3n) is 6.24. The van der Waals surface area contributed by atoms with Crippen molar-refractivity contribution < 1.29 is 0 Å². The Morgan fingerprint density at radius 1 is 0.517 bits per heavy atom. The van der Waals surface area contributed by atoms with Crippen LogP contribution in [0.25, 0.3) is 0 Å². The Morgan fingerprint density at radius 2 is 0.931 bits per heavy atom. The average molecular weight is 402 g/mol. The average Bonchev–Trinajstić information content (AvgIpc) is 2.74. The zero-order valence-corrected chi connectivity index (χ0v) is 20.0. The Balaban J connectivity index is 1.74. The molecule has 168 valence electrons. The maximum absolute atomic E-state index is 2.52. The predicted octanol–water partition coefficient (Wildman–Crippen LogP) is 8.81. The highest BCUT2D eigenvalue weighted by molar-refractivity contribution is 5.14. The zero-order chi connectivity index (χ0) is 20.8. The van der Waals surface area contributed by atoms with E-state index in [0.29, 0.717) is 0 Å². The molecule has 0 aliphatic rings. The van der Waals surface area contributed by atoms with Gasteiger partial charge in [-0.2, -0.15) is 0 Å². The largest absolute Gasteiger partial charge is 0.306 e. The molecule has 0 amide bonds. The molecule has 1 aromatic rings. The first-order valence-corrected chi connectivity index (χ1v) is 13.1. The Bertz CT molecular complexity index is 427. The normalized spacial score (nSPS) is 11.4. The fourth-order valence-electron chi connectivity index (χ4n) is 4.24. The number of hydrogen-bond donors (Lipinski definition) is 0. The van der Waals surface area contributed by atoms with Crippen molar-refractivity contribution in [3.63, 3.8) is 0 Å². The van der Waals surface area contributed by atoms with Gasteiger partial charge in [0.05, 0.1) is 0 Å². The molecule has 0 saturated carbocycles. The molecule has 0 N–H and O–H groups in total. The van der Waals surface area contributed by atoms with Gasteiger partial charge in [-0.3, -0.25) is 0 Å².